The van der Waals surface area contributed by atoms with Crippen molar-refractivity contribution in [1.82, 2.24) is 10.3 Å². The van der Waals surface area contributed by atoms with Crippen LogP contribution < -0.4 is 11.3 Å². The third-order valence-electron chi connectivity index (χ3n) is 3.49. The summed E-state index contributed by atoms with van der Waals surface area (Å²) in [7, 11) is 0. The number of carbonyl (C=O) groups is 1. The Balaban J connectivity index is 2.02. The first kappa shape index (κ1) is 13.1. The quantitative estimate of drug-likeness (QED) is 0.403. The number of furan rings is 1. The fourth-order valence-corrected chi connectivity index (χ4v) is 2.20. The molecule has 0 radical (unpaired) electrons. The van der Waals surface area contributed by atoms with Crippen molar-refractivity contribution in [2.24, 2.45) is 11.8 Å². The number of nitrogen functional groups attached to an aromatic ring is 1. The van der Waals surface area contributed by atoms with E-state index in [-0.39, 0.29) is 12.0 Å². The summed E-state index contributed by atoms with van der Waals surface area (Å²) in [4.78, 5) is 13.6. The number of β-amino-alcohol motifs (C(OH)–C–C–N with tert-alkyl or cyclic N) is 1. The maximum atomic E-state index is 11.5. The predicted octanol–water partition coefficient (Wildman–Crippen LogP) is 0.0858. The second-order valence-electron chi connectivity index (χ2n) is 4.80. The summed E-state index contributed by atoms with van der Waals surface area (Å²) < 4.78 is 5.31. The molecule has 6 nitrogen and oxygen atoms in total. The van der Waals surface area contributed by atoms with Crippen LogP contribution in [0.3, 0.4) is 0 Å². The molecule has 0 aromatic carbocycles. The molecule has 2 heterocycles. The minimum Gasteiger partial charge on any atom is -0.467 e. The van der Waals surface area contributed by atoms with E-state index in [1.54, 1.807) is 6.07 Å². The zero-order valence-corrected chi connectivity index (χ0v) is 10.4. The highest BCUT2D eigenvalue weighted by molar-refractivity contribution is 5.94. The Morgan fingerprint density at radius 1 is 1.72 bits per heavy atom. The lowest BCUT2D eigenvalue weighted by atomic mass is 9.96. The van der Waals surface area contributed by atoms with Crippen LogP contribution in [0, 0.1) is 5.92 Å². The lowest BCUT2D eigenvalue weighted by Crippen LogP contribution is -2.42. The van der Waals surface area contributed by atoms with Gasteiger partial charge in [-0.25, -0.2) is 5.84 Å². The SMILES string of the molecule is CC1CCN(Cc2occc2C(=O)NN)CC1O. The lowest BCUT2D eigenvalue weighted by Gasteiger charge is -2.33. The highest BCUT2D eigenvalue weighted by atomic mass is 16.3. The summed E-state index contributed by atoms with van der Waals surface area (Å²) in [6.07, 6.45) is 2.10. The van der Waals surface area contributed by atoms with Crippen molar-refractivity contribution < 1.29 is 14.3 Å². The van der Waals surface area contributed by atoms with Gasteiger partial charge in [0.1, 0.15) is 5.76 Å². The molecule has 1 fully saturated rings. The number of hydrogen-bond donors (Lipinski definition) is 3. The fraction of sp³-hybridized carbons (Fsp3) is 0.583. The first-order valence-corrected chi connectivity index (χ1v) is 6.09. The molecular formula is C12H19N3O3. The summed E-state index contributed by atoms with van der Waals surface area (Å²) >= 11 is 0. The summed E-state index contributed by atoms with van der Waals surface area (Å²) in [5.74, 6) is 5.66. The molecule has 6 heteroatoms. The van der Waals surface area contributed by atoms with Crippen LogP contribution in [0.15, 0.2) is 16.7 Å². The molecule has 1 aromatic heterocycles. The van der Waals surface area contributed by atoms with Gasteiger partial charge in [0.05, 0.1) is 24.5 Å². The van der Waals surface area contributed by atoms with E-state index < -0.39 is 0 Å². The molecule has 100 valence electrons. The third-order valence-corrected chi connectivity index (χ3v) is 3.49. The number of hydrogen-bond acceptors (Lipinski definition) is 5. The average molecular weight is 253 g/mol. The third kappa shape index (κ3) is 2.72. The van der Waals surface area contributed by atoms with Crippen LogP contribution in [0.25, 0.3) is 0 Å². The minimum atomic E-state index is -0.357. The monoisotopic (exact) mass is 253 g/mol. The molecule has 1 aliphatic rings. The lowest BCUT2D eigenvalue weighted by molar-refractivity contribution is 0.0233. The molecule has 2 rings (SSSR count). The normalized spacial score (nSPS) is 25.1. The molecule has 4 N–H and O–H groups in total. The number of nitrogens with zero attached hydrogens (tertiary/aromatic N) is 1. The van der Waals surface area contributed by atoms with Gasteiger partial charge >= 0.3 is 0 Å². The van der Waals surface area contributed by atoms with Crippen LogP contribution >= 0.6 is 0 Å². The first-order chi connectivity index (χ1) is 8.61. The van der Waals surface area contributed by atoms with Crippen molar-refractivity contribution in [3.63, 3.8) is 0 Å². The van der Waals surface area contributed by atoms with E-state index in [4.69, 9.17) is 10.3 Å². The van der Waals surface area contributed by atoms with Crippen LogP contribution in [0.4, 0.5) is 0 Å². The van der Waals surface area contributed by atoms with Crippen LogP contribution in [0.1, 0.15) is 29.5 Å². The van der Waals surface area contributed by atoms with Crippen molar-refractivity contribution in [2.75, 3.05) is 13.1 Å². The Hall–Kier alpha value is -1.37. The van der Waals surface area contributed by atoms with E-state index in [1.165, 1.54) is 6.26 Å². The maximum absolute atomic E-state index is 11.5. The van der Waals surface area contributed by atoms with Crippen molar-refractivity contribution in [3.8, 4) is 0 Å². The van der Waals surface area contributed by atoms with Crippen molar-refractivity contribution in [1.29, 1.82) is 0 Å². The molecule has 1 aliphatic heterocycles. The molecule has 1 saturated heterocycles. The number of aliphatic hydroxyl groups excluding tert-OH is 1. The standard InChI is InChI=1S/C12H19N3O3/c1-8-2-4-15(6-10(8)16)7-11-9(3-5-18-11)12(17)14-13/h3,5,8,10,16H,2,4,6-7,13H2,1H3,(H,14,17). The maximum Gasteiger partial charge on any atom is 0.268 e. The first-order valence-electron chi connectivity index (χ1n) is 6.09. The number of hydrazine groups is 1. The fourth-order valence-electron chi connectivity index (χ4n) is 2.20. The molecule has 0 spiro atoms. The number of aliphatic hydroxyl groups is 1. The molecule has 2 atom stereocenters. The van der Waals surface area contributed by atoms with Gasteiger partial charge in [-0.3, -0.25) is 15.1 Å². The van der Waals surface area contributed by atoms with Crippen LogP contribution in [0.2, 0.25) is 0 Å². The van der Waals surface area contributed by atoms with Gasteiger partial charge in [-0.05, 0) is 24.9 Å². The summed E-state index contributed by atoms with van der Waals surface area (Å²) in [5.41, 5.74) is 2.54. The largest absolute Gasteiger partial charge is 0.467 e. The number of carbonyl (C=O) groups excluding carboxylic acids is 1. The van der Waals surface area contributed by atoms with E-state index in [2.05, 4.69) is 10.3 Å². The second kappa shape index (κ2) is 5.51. The number of nitrogens with one attached hydrogen (secondary N) is 1. The number of rotatable bonds is 3. The van der Waals surface area contributed by atoms with Gasteiger partial charge in [0.25, 0.3) is 5.91 Å². The molecule has 1 aromatic rings. The average Bonchev–Trinajstić information content (AvgIpc) is 2.81. The number of amides is 1. The Bertz CT molecular complexity index is 418. The Kier molecular flexibility index (Phi) is 4.00. The Morgan fingerprint density at radius 3 is 3.17 bits per heavy atom. The van der Waals surface area contributed by atoms with E-state index in [0.29, 0.717) is 30.3 Å². The van der Waals surface area contributed by atoms with Crippen molar-refractivity contribution in [3.05, 3.63) is 23.7 Å². The number of piperidine rings is 1. The van der Waals surface area contributed by atoms with E-state index >= 15 is 0 Å². The predicted molar refractivity (Wildman–Crippen MR) is 65.4 cm³/mol. The smallest absolute Gasteiger partial charge is 0.268 e. The van der Waals surface area contributed by atoms with Crippen molar-refractivity contribution >= 4 is 5.91 Å². The molecule has 2 unspecified atom stereocenters. The molecule has 0 saturated carbocycles. The van der Waals surface area contributed by atoms with E-state index in [1.807, 2.05) is 6.92 Å². The van der Waals surface area contributed by atoms with Crippen LogP contribution in [-0.4, -0.2) is 35.1 Å². The zero-order valence-electron chi connectivity index (χ0n) is 10.4. The van der Waals surface area contributed by atoms with Gasteiger partial charge < -0.3 is 9.52 Å². The zero-order chi connectivity index (χ0) is 13.1. The summed E-state index contributed by atoms with van der Waals surface area (Å²) in [6.45, 7) is 4.05. The highest BCUT2D eigenvalue weighted by Crippen LogP contribution is 2.20. The number of nitrogens with two attached hydrogens (primary N) is 1. The van der Waals surface area contributed by atoms with E-state index in [9.17, 15) is 9.90 Å². The molecular weight excluding hydrogens is 234 g/mol. The topological polar surface area (TPSA) is 91.7 Å². The molecule has 1 amide bonds. The minimum absolute atomic E-state index is 0.319. The molecule has 0 aliphatic carbocycles. The number of likely N-dealkylation sites (tertiary alicyclic amines) is 1. The Labute approximate surface area is 106 Å². The highest BCUT2D eigenvalue weighted by Gasteiger charge is 2.26. The van der Waals surface area contributed by atoms with Gasteiger partial charge in [-0.1, -0.05) is 6.92 Å². The molecule has 0 bridgehead atoms. The second-order valence-corrected chi connectivity index (χ2v) is 4.80. The van der Waals surface area contributed by atoms with E-state index in [0.717, 1.165) is 13.0 Å². The van der Waals surface area contributed by atoms with Gasteiger partial charge in [0.15, 0.2) is 0 Å². The Morgan fingerprint density at radius 2 is 2.50 bits per heavy atom. The van der Waals surface area contributed by atoms with Gasteiger partial charge in [-0.15, -0.1) is 0 Å². The molecule has 18 heavy (non-hydrogen) atoms. The van der Waals surface area contributed by atoms with Crippen LogP contribution in [-0.2, 0) is 6.54 Å². The summed E-state index contributed by atoms with van der Waals surface area (Å²) in [5, 5.41) is 9.83. The van der Waals surface area contributed by atoms with Gasteiger partial charge in [0, 0.05) is 6.54 Å². The summed E-state index contributed by atoms with van der Waals surface area (Å²) in [6, 6.07) is 1.60. The van der Waals surface area contributed by atoms with Gasteiger partial charge in [0.2, 0.25) is 0 Å². The van der Waals surface area contributed by atoms with Gasteiger partial charge in [-0.2, -0.15) is 0 Å². The van der Waals surface area contributed by atoms with Crippen molar-refractivity contribution in [2.45, 2.75) is 26.0 Å². The van der Waals surface area contributed by atoms with Crippen LogP contribution in [0.5, 0.6) is 0 Å².